The summed E-state index contributed by atoms with van der Waals surface area (Å²) in [6, 6.07) is 6.20. The SMILES string of the molecule is Cc1ccc(S(=O)(=O)N[C@H]2CC[C@H](O)CC2)cc1-c1cnc2c(N)nc(-c3ccncc3F)cn12. The van der Waals surface area contributed by atoms with Gasteiger partial charge in [0.05, 0.1) is 34.8 Å². The van der Waals surface area contributed by atoms with Crippen LogP contribution in [0.5, 0.6) is 0 Å². The van der Waals surface area contributed by atoms with Crippen LogP contribution in [0.4, 0.5) is 10.2 Å². The summed E-state index contributed by atoms with van der Waals surface area (Å²) in [5.41, 5.74) is 9.13. The molecule has 0 saturated heterocycles. The second-order valence-electron chi connectivity index (χ2n) is 8.81. The Labute approximate surface area is 201 Å². The number of nitrogen functional groups attached to an aromatic ring is 1. The number of aliphatic hydroxyl groups excluding tert-OH is 1. The third-order valence-electron chi connectivity index (χ3n) is 6.38. The smallest absolute Gasteiger partial charge is 0.240 e. The number of aryl methyl sites for hydroxylation is 1. The molecular formula is C24H25FN6O3S. The molecule has 0 radical (unpaired) electrons. The van der Waals surface area contributed by atoms with Gasteiger partial charge < -0.3 is 10.8 Å². The van der Waals surface area contributed by atoms with E-state index in [0.29, 0.717) is 48.3 Å². The zero-order valence-electron chi connectivity index (χ0n) is 19.0. The molecule has 11 heteroatoms. The Kier molecular flexibility index (Phi) is 5.99. The predicted octanol–water partition coefficient (Wildman–Crippen LogP) is 3.07. The highest BCUT2D eigenvalue weighted by Gasteiger charge is 2.26. The van der Waals surface area contributed by atoms with Crippen LogP contribution in [0.3, 0.4) is 0 Å². The van der Waals surface area contributed by atoms with E-state index in [4.69, 9.17) is 5.73 Å². The number of fused-ring (bicyclic) bond motifs is 1. The van der Waals surface area contributed by atoms with E-state index in [1.54, 1.807) is 35.0 Å². The van der Waals surface area contributed by atoms with Gasteiger partial charge in [-0.05, 0) is 56.4 Å². The molecule has 1 aliphatic carbocycles. The van der Waals surface area contributed by atoms with Crippen LogP contribution >= 0.6 is 0 Å². The summed E-state index contributed by atoms with van der Waals surface area (Å²) in [5.74, 6) is -0.418. The molecule has 1 aliphatic rings. The van der Waals surface area contributed by atoms with Crippen molar-refractivity contribution in [2.24, 2.45) is 0 Å². The molecule has 182 valence electrons. The Hall–Kier alpha value is -3.41. The van der Waals surface area contributed by atoms with Gasteiger partial charge in [-0.25, -0.2) is 27.5 Å². The van der Waals surface area contributed by atoms with Crippen LogP contribution in [0.25, 0.3) is 28.2 Å². The second kappa shape index (κ2) is 8.99. The van der Waals surface area contributed by atoms with Gasteiger partial charge in [-0.3, -0.25) is 9.38 Å². The van der Waals surface area contributed by atoms with E-state index in [1.165, 1.54) is 12.3 Å². The number of hydrogen-bond acceptors (Lipinski definition) is 7. The molecule has 1 aromatic carbocycles. The molecule has 0 atom stereocenters. The number of halogens is 1. The molecular weight excluding hydrogens is 471 g/mol. The molecule has 0 aliphatic heterocycles. The number of nitrogens with zero attached hydrogens (tertiary/aromatic N) is 4. The van der Waals surface area contributed by atoms with Gasteiger partial charge in [0.15, 0.2) is 17.3 Å². The minimum Gasteiger partial charge on any atom is -0.393 e. The lowest BCUT2D eigenvalue weighted by Crippen LogP contribution is -2.38. The molecule has 4 N–H and O–H groups in total. The minimum atomic E-state index is -3.78. The quantitative estimate of drug-likeness (QED) is 0.386. The zero-order chi connectivity index (χ0) is 24.7. The molecule has 1 fully saturated rings. The fourth-order valence-corrected chi connectivity index (χ4v) is 5.78. The molecule has 5 rings (SSSR count). The van der Waals surface area contributed by atoms with Crippen molar-refractivity contribution in [3.63, 3.8) is 0 Å². The number of pyridine rings is 1. The van der Waals surface area contributed by atoms with E-state index in [-0.39, 0.29) is 28.4 Å². The number of aliphatic hydroxyl groups is 1. The van der Waals surface area contributed by atoms with Gasteiger partial charge in [0.25, 0.3) is 0 Å². The van der Waals surface area contributed by atoms with Crippen LogP contribution in [-0.4, -0.2) is 45.0 Å². The number of rotatable bonds is 5. The van der Waals surface area contributed by atoms with Gasteiger partial charge in [-0.1, -0.05) is 6.07 Å². The molecule has 0 unspecified atom stereocenters. The highest BCUT2D eigenvalue weighted by molar-refractivity contribution is 7.89. The lowest BCUT2D eigenvalue weighted by Gasteiger charge is -2.26. The Bertz CT molecular complexity index is 1510. The number of nitrogens with one attached hydrogen (secondary N) is 1. The largest absolute Gasteiger partial charge is 0.393 e. The highest BCUT2D eigenvalue weighted by Crippen LogP contribution is 2.31. The topological polar surface area (TPSA) is 136 Å². The van der Waals surface area contributed by atoms with E-state index in [2.05, 4.69) is 19.7 Å². The Balaban J connectivity index is 1.56. The van der Waals surface area contributed by atoms with Gasteiger partial charge in [-0.2, -0.15) is 0 Å². The average Bonchev–Trinajstić information content (AvgIpc) is 3.25. The van der Waals surface area contributed by atoms with Crippen LogP contribution in [0.15, 0.2) is 53.9 Å². The molecule has 0 bridgehead atoms. The summed E-state index contributed by atoms with van der Waals surface area (Å²) in [6.45, 7) is 1.87. The number of aromatic nitrogens is 4. The molecule has 0 amide bonds. The van der Waals surface area contributed by atoms with E-state index < -0.39 is 15.8 Å². The first-order valence-electron chi connectivity index (χ1n) is 11.3. The van der Waals surface area contributed by atoms with Gasteiger partial charge in [0.2, 0.25) is 10.0 Å². The van der Waals surface area contributed by atoms with E-state index >= 15 is 0 Å². The molecule has 1 saturated carbocycles. The normalized spacial score (nSPS) is 18.7. The van der Waals surface area contributed by atoms with Crippen molar-refractivity contribution in [1.29, 1.82) is 0 Å². The van der Waals surface area contributed by atoms with Crippen LogP contribution in [0.1, 0.15) is 31.2 Å². The lowest BCUT2D eigenvalue weighted by molar-refractivity contribution is 0.120. The first-order valence-corrected chi connectivity index (χ1v) is 12.8. The van der Waals surface area contributed by atoms with Crippen LogP contribution in [0, 0.1) is 12.7 Å². The number of sulfonamides is 1. The summed E-state index contributed by atoms with van der Waals surface area (Å²) < 4.78 is 45.1. The van der Waals surface area contributed by atoms with Crippen molar-refractivity contribution in [3.05, 3.63) is 60.4 Å². The third kappa shape index (κ3) is 4.49. The highest BCUT2D eigenvalue weighted by atomic mass is 32.2. The number of anilines is 1. The molecule has 35 heavy (non-hydrogen) atoms. The van der Waals surface area contributed by atoms with Gasteiger partial charge in [-0.15, -0.1) is 0 Å². The number of imidazole rings is 1. The predicted molar refractivity (Wildman–Crippen MR) is 129 cm³/mol. The summed E-state index contributed by atoms with van der Waals surface area (Å²) in [4.78, 5) is 12.6. The standard InChI is InChI=1S/C24H25FN6O3S/c1-14-2-7-17(35(33,34)30-15-3-5-16(32)6-4-15)10-19(14)22-12-28-24-23(26)29-21(13-31(22)24)18-8-9-27-11-20(18)25/h2,7-13,15-16,30,32H,3-6H2,1H3,(H2,26,29)/t15-,16-. The average molecular weight is 497 g/mol. The Morgan fingerprint density at radius 3 is 2.66 bits per heavy atom. The lowest BCUT2D eigenvalue weighted by atomic mass is 9.94. The van der Waals surface area contributed by atoms with Crippen molar-refractivity contribution in [1.82, 2.24) is 24.1 Å². The van der Waals surface area contributed by atoms with Crippen molar-refractivity contribution in [3.8, 4) is 22.5 Å². The fourth-order valence-electron chi connectivity index (χ4n) is 4.45. The molecule has 3 heterocycles. The first kappa shape index (κ1) is 23.3. The van der Waals surface area contributed by atoms with Crippen molar-refractivity contribution >= 4 is 21.5 Å². The summed E-state index contributed by atoms with van der Waals surface area (Å²) in [7, 11) is -3.78. The summed E-state index contributed by atoms with van der Waals surface area (Å²) in [6.07, 6.45) is 7.74. The van der Waals surface area contributed by atoms with E-state index in [9.17, 15) is 17.9 Å². The molecule has 0 spiro atoms. The monoisotopic (exact) mass is 496 g/mol. The summed E-state index contributed by atoms with van der Waals surface area (Å²) in [5, 5.41) is 9.71. The van der Waals surface area contributed by atoms with E-state index in [1.807, 2.05) is 6.92 Å². The molecule has 9 nitrogen and oxygen atoms in total. The fraction of sp³-hybridized carbons (Fsp3) is 0.292. The van der Waals surface area contributed by atoms with Crippen LogP contribution in [0.2, 0.25) is 0 Å². The van der Waals surface area contributed by atoms with Crippen LogP contribution < -0.4 is 10.5 Å². The number of benzene rings is 1. The number of nitrogens with two attached hydrogens (primary N) is 1. The molecule has 4 aromatic rings. The third-order valence-corrected chi connectivity index (χ3v) is 7.90. The van der Waals surface area contributed by atoms with Crippen molar-refractivity contribution in [2.75, 3.05) is 5.73 Å². The van der Waals surface area contributed by atoms with Gasteiger partial charge >= 0.3 is 0 Å². The maximum atomic E-state index is 14.4. The van der Waals surface area contributed by atoms with Gasteiger partial charge in [0, 0.05) is 29.6 Å². The Morgan fingerprint density at radius 2 is 1.91 bits per heavy atom. The minimum absolute atomic E-state index is 0.118. The maximum Gasteiger partial charge on any atom is 0.240 e. The van der Waals surface area contributed by atoms with Crippen LogP contribution in [-0.2, 0) is 10.0 Å². The first-order chi connectivity index (χ1) is 16.7. The van der Waals surface area contributed by atoms with Crippen molar-refractivity contribution in [2.45, 2.75) is 49.6 Å². The van der Waals surface area contributed by atoms with E-state index in [0.717, 1.165) is 11.8 Å². The zero-order valence-corrected chi connectivity index (χ0v) is 19.8. The maximum absolute atomic E-state index is 14.4. The van der Waals surface area contributed by atoms with Crippen molar-refractivity contribution < 1.29 is 17.9 Å². The second-order valence-corrected chi connectivity index (χ2v) is 10.5. The summed E-state index contributed by atoms with van der Waals surface area (Å²) >= 11 is 0. The Morgan fingerprint density at radius 1 is 1.14 bits per heavy atom. The molecule has 3 aromatic heterocycles. The number of hydrogen-bond donors (Lipinski definition) is 3. The van der Waals surface area contributed by atoms with Gasteiger partial charge in [0.1, 0.15) is 0 Å².